The molecule has 0 spiro atoms. The van der Waals surface area contributed by atoms with E-state index < -0.39 is 15.7 Å². The zero-order valence-electron chi connectivity index (χ0n) is 20.3. The number of amides is 1. The summed E-state index contributed by atoms with van der Waals surface area (Å²) in [5.74, 6) is -0.0111. The first-order valence-electron chi connectivity index (χ1n) is 11.6. The van der Waals surface area contributed by atoms with Gasteiger partial charge < -0.3 is 19.6 Å². The largest absolute Gasteiger partial charge is 0.474 e. The van der Waals surface area contributed by atoms with E-state index in [-0.39, 0.29) is 34.4 Å². The van der Waals surface area contributed by atoms with Crippen molar-refractivity contribution < 1.29 is 27.5 Å². The molecule has 35 heavy (non-hydrogen) atoms. The number of hydrogen-bond donors (Lipinski definition) is 1. The number of carbonyl (C=O) groups is 1. The number of nitrogens with one attached hydrogen (secondary N) is 1. The van der Waals surface area contributed by atoms with Crippen molar-refractivity contribution in [3.8, 4) is 5.88 Å². The van der Waals surface area contributed by atoms with Gasteiger partial charge in [0.1, 0.15) is 6.10 Å². The van der Waals surface area contributed by atoms with Gasteiger partial charge in [0.2, 0.25) is 5.88 Å². The second kappa shape index (κ2) is 12.6. The fourth-order valence-electron chi connectivity index (χ4n) is 3.54. The molecular formula is C24H32N4O6S. The molecule has 1 aliphatic carbocycles. The Kier molecular flexibility index (Phi) is 9.55. The van der Waals surface area contributed by atoms with Crippen LogP contribution in [0.25, 0.3) is 0 Å². The molecule has 0 unspecified atom stereocenters. The average molecular weight is 505 g/mol. The van der Waals surface area contributed by atoms with Gasteiger partial charge in [0.15, 0.2) is 21.4 Å². The number of sulfone groups is 1. The molecule has 1 amide bonds. The Morgan fingerprint density at radius 2 is 1.86 bits per heavy atom. The van der Waals surface area contributed by atoms with Gasteiger partial charge >= 0.3 is 0 Å². The summed E-state index contributed by atoms with van der Waals surface area (Å²) in [6.45, 7) is 4.11. The van der Waals surface area contributed by atoms with Gasteiger partial charge in [-0.15, -0.1) is 0 Å². The van der Waals surface area contributed by atoms with Crippen LogP contribution in [0, 0.1) is 0 Å². The van der Waals surface area contributed by atoms with Crippen molar-refractivity contribution in [3.63, 3.8) is 0 Å². The highest BCUT2D eigenvalue weighted by atomic mass is 32.2. The van der Waals surface area contributed by atoms with Gasteiger partial charge in [-0.3, -0.25) is 4.79 Å². The normalized spacial score (nSPS) is 14.8. The smallest absolute Gasteiger partial charge is 0.279 e. The highest BCUT2D eigenvalue weighted by Gasteiger charge is 2.21. The molecule has 1 saturated carbocycles. The number of methoxy groups -OCH3 is 1. The summed E-state index contributed by atoms with van der Waals surface area (Å²) in [7, 11) is -1.94. The molecule has 1 aromatic heterocycles. The highest BCUT2D eigenvalue weighted by molar-refractivity contribution is 7.91. The van der Waals surface area contributed by atoms with Crippen molar-refractivity contribution in [2.45, 2.75) is 63.1 Å². The third kappa shape index (κ3) is 8.00. The standard InChI is InChI=1S/C24H32N4O6S/c1-17(2)33-22-16-25-21(15-26-22)27-24(29)23(28-34-19-7-4-5-8-19)18-9-11-20(12-10-18)35(30,31)14-6-13-32-3/h9-12,15-17,19H,4-8,13-14H2,1-3H3,(H,25,27,29)/b28-23+. The number of nitrogens with zero attached hydrogens (tertiary/aromatic N) is 3. The van der Waals surface area contributed by atoms with Gasteiger partial charge in [0.05, 0.1) is 29.1 Å². The molecular weight excluding hydrogens is 472 g/mol. The summed E-state index contributed by atoms with van der Waals surface area (Å²) in [4.78, 5) is 27.2. The van der Waals surface area contributed by atoms with Crippen LogP contribution in [-0.4, -0.2) is 61.7 Å². The summed E-state index contributed by atoms with van der Waals surface area (Å²) in [5, 5.41) is 6.81. The minimum absolute atomic E-state index is 0.0181. The van der Waals surface area contributed by atoms with Gasteiger partial charge in [0.25, 0.3) is 5.91 Å². The Hall–Kier alpha value is -3.05. The third-order valence-electron chi connectivity index (χ3n) is 5.28. The van der Waals surface area contributed by atoms with Crippen LogP contribution >= 0.6 is 0 Å². The number of carbonyl (C=O) groups excluding carboxylic acids is 1. The lowest BCUT2D eigenvalue weighted by atomic mass is 10.1. The summed E-state index contributed by atoms with van der Waals surface area (Å²) >= 11 is 0. The molecule has 1 aromatic carbocycles. The SMILES string of the molecule is COCCCS(=O)(=O)c1ccc(/C(=N\OC2CCCC2)C(=O)Nc2cnc(OC(C)C)cn2)cc1. The molecule has 0 saturated heterocycles. The fraction of sp³-hybridized carbons (Fsp3) is 0.500. The molecule has 0 atom stereocenters. The van der Waals surface area contributed by atoms with E-state index in [2.05, 4.69) is 20.4 Å². The van der Waals surface area contributed by atoms with E-state index >= 15 is 0 Å². The molecule has 2 aromatic rings. The van der Waals surface area contributed by atoms with Crippen molar-refractivity contribution in [2.24, 2.45) is 5.16 Å². The minimum atomic E-state index is -3.46. The Labute approximate surface area is 206 Å². The first-order chi connectivity index (χ1) is 16.8. The molecule has 0 radical (unpaired) electrons. The highest BCUT2D eigenvalue weighted by Crippen LogP contribution is 2.22. The lowest BCUT2D eigenvalue weighted by molar-refractivity contribution is -0.110. The van der Waals surface area contributed by atoms with E-state index in [4.69, 9.17) is 14.3 Å². The van der Waals surface area contributed by atoms with Crippen LogP contribution < -0.4 is 10.1 Å². The first kappa shape index (κ1) is 26.6. The second-order valence-corrected chi connectivity index (χ2v) is 10.6. The van der Waals surface area contributed by atoms with Gasteiger partial charge in [0, 0.05) is 19.3 Å². The number of rotatable bonds is 12. The maximum atomic E-state index is 13.1. The van der Waals surface area contributed by atoms with Crippen LogP contribution in [0.3, 0.4) is 0 Å². The Morgan fingerprint density at radius 3 is 2.46 bits per heavy atom. The summed E-state index contributed by atoms with van der Waals surface area (Å²) in [5.41, 5.74) is 0.439. The van der Waals surface area contributed by atoms with Gasteiger partial charge in [-0.25, -0.2) is 18.4 Å². The first-order valence-corrected chi connectivity index (χ1v) is 13.3. The number of aromatic nitrogens is 2. The van der Waals surface area contributed by atoms with Gasteiger partial charge in [-0.05, 0) is 58.1 Å². The number of oxime groups is 1. The maximum Gasteiger partial charge on any atom is 0.279 e. The summed E-state index contributed by atoms with van der Waals surface area (Å²) in [6, 6.07) is 6.02. The monoisotopic (exact) mass is 504 g/mol. The Bertz CT molecular complexity index is 1100. The van der Waals surface area contributed by atoms with E-state index in [9.17, 15) is 13.2 Å². The van der Waals surface area contributed by atoms with Crippen molar-refractivity contribution >= 4 is 27.3 Å². The molecule has 0 bridgehead atoms. The molecule has 3 rings (SSSR count). The van der Waals surface area contributed by atoms with E-state index in [1.807, 2.05) is 13.8 Å². The van der Waals surface area contributed by atoms with Gasteiger partial charge in [-0.1, -0.05) is 17.3 Å². The molecule has 1 heterocycles. The Balaban J connectivity index is 1.78. The molecule has 1 fully saturated rings. The van der Waals surface area contributed by atoms with Crippen LogP contribution in [-0.2, 0) is 24.2 Å². The zero-order valence-corrected chi connectivity index (χ0v) is 21.1. The zero-order chi connectivity index (χ0) is 25.3. The average Bonchev–Trinajstić information content (AvgIpc) is 3.34. The quantitative estimate of drug-likeness (QED) is 0.265. The van der Waals surface area contributed by atoms with Crippen LogP contribution in [0.4, 0.5) is 5.82 Å². The molecule has 10 nitrogen and oxygen atoms in total. The molecule has 0 aliphatic heterocycles. The maximum absolute atomic E-state index is 13.1. The molecule has 1 aliphatic rings. The van der Waals surface area contributed by atoms with Crippen LogP contribution in [0.5, 0.6) is 5.88 Å². The second-order valence-electron chi connectivity index (χ2n) is 8.50. The topological polar surface area (TPSA) is 129 Å². The van der Waals surface area contributed by atoms with Crippen LogP contribution in [0.1, 0.15) is 51.5 Å². The van der Waals surface area contributed by atoms with E-state index in [0.717, 1.165) is 25.7 Å². The van der Waals surface area contributed by atoms with Gasteiger partial charge in [-0.2, -0.15) is 0 Å². The summed E-state index contributed by atoms with van der Waals surface area (Å²) < 4.78 is 35.5. The van der Waals surface area contributed by atoms with E-state index in [0.29, 0.717) is 24.5 Å². The summed E-state index contributed by atoms with van der Waals surface area (Å²) in [6.07, 6.45) is 6.96. The third-order valence-corrected chi connectivity index (χ3v) is 7.10. The molecule has 190 valence electrons. The number of hydrogen-bond acceptors (Lipinski definition) is 9. The fourth-order valence-corrected chi connectivity index (χ4v) is 4.82. The van der Waals surface area contributed by atoms with Crippen molar-refractivity contribution in [3.05, 3.63) is 42.2 Å². The number of ether oxygens (including phenoxy) is 2. The van der Waals surface area contributed by atoms with Crippen molar-refractivity contribution in [1.29, 1.82) is 0 Å². The van der Waals surface area contributed by atoms with E-state index in [1.54, 1.807) is 12.1 Å². The lowest BCUT2D eigenvalue weighted by Gasteiger charge is -2.12. The van der Waals surface area contributed by atoms with E-state index in [1.165, 1.54) is 31.6 Å². The van der Waals surface area contributed by atoms with Crippen LogP contribution in [0.2, 0.25) is 0 Å². The number of anilines is 1. The predicted octanol–water partition coefficient (Wildman–Crippen LogP) is 3.38. The van der Waals surface area contributed by atoms with Crippen LogP contribution in [0.15, 0.2) is 46.7 Å². The Morgan fingerprint density at radius 1 is 1.14 bits per heavy atom. The minimum Gasteiger partial charge on any atom is -0.474 e. The molecule has 1 N–H and O–H groups in total. The number of benzene rings is 1. The predicted molar refractivity (Wildman–Crippen MR) is 131 cm³/mol. The van der Waals surface area contributed by atoms with Crippen molar-refractivity contribution in [1.82, 2.24) is 9.97 Å². The lowest BCUT2D eigenvalue weighted by Crippen LogP contribution is -2.25. The molecule has 11 heteroatoms. The van der Waals surface area contributed by atoms with Crippen molar-refractivity contribution in [2.75, 3.05) is 24.8 Å².